The van der Waals surface area contributed by atoms with Crippen LogP contribution in [0.2, 0.25) is 0 Å². The van der Waals surface area contributed by atoms with Crippen LogP contribution in [0.5, 0.6) is 5.75 Å². The molecule has 3 aromatic carbocycles. The van der Waals surface area contributed by atoms with Crippen LogP contribution in [0, 0.1) is 0 Å². The summed E-state index contributed by atoms with van der Waals surface area (Å²) < 4.78 is 53.3. The average molecular weight is 558 g/mol. The van der Waals surface area contributed by atoms with Gasteiger partial charge in [-0.1, -0.05) is 72.8 Å². The maximum Gasteiger partial charge on any atom is 0.573 e. The molecule has 1 unspecified atom stereocenters. The molecule has 0 spiro atoms. The molecule has 3 rings (SSSR count). The summed E-state index contributed by atoms with van der Waals surface area (Å²) in [6.07, 6.45) is -6.32. The zero-order valence-electron chi connectivity index (χ0n) is 22.5. The van der Waals surface area contributed by atoms with Crippen molar-refractivity contribution in [2.45, 2.75) is 57.7 Å². The highest BCUT2D eigenvalue weighted by Gasteiger charge is 2.52. The first-order chi connectivity index (χ1) is 18.7. The Balaban J connectivity index is 2.08. The Hall–Kier alpha value is -4.34. The van der Waals surface area contributed by atoms with Crippen LogP contribution >= 0.6 is 0 Å². The molecule has 0 fully saturated rings. The summed E-state index contributed by atoms with van der Waals surface area (Å²) in [5.74, 6) is -3.41. The lowest BCUT2D eigenvalue weighted by molar-refractivity contribution is -0.274. The van der Waals surface area contributed by atoms with Crippen LogP contribution in [0.4, 0.5) is 13.2 Å². The van der Waals surface area contributed by atoms with Gasteiger partial charge in [0.05, 0.1) is 0 Å². The number of halogens is 3. The van der Waals surface area contributed by atoms with Crippen molar-refractivity contribution in [2.75, 3.05) is 0 Å². The number of alkyl halides is 3. The van der Waals surface area contributed by atoms with E-state index in [1.807, 2.05) is 0 Å². The van der Waals surface area contributed by atoms with Gasteiger partial charge in [0.25, 0.3) is 0 Å². The van der Waals surface area contributed by atoms with Crippen LogP contribution in [-0.4, -0.2) is 35.3 Å². The zero-order valence-corrected chi connectivity index (χ0v) is 22.5. The largest absolute Gasteiger partial charge is 0.573 e. The highest BCUT2D eigenvalue weighted by molar-refractivity contribution is 6.08. The summed E-state index contributed by atoms with van der Waals surface area (Å²) in [6.45, 7) is 5.90. The lowest BCUT2D eigenvalue weighted by Gasteiger charge is -2.34. The van der Waals surface area contributed by atoms with Crippen LogP contribution in [-0.2, 0) is 30.3 Å². The first kappa shape index (κ1) is 30.2. The van der Waals surface area contributed by atoms with Crippen molar-refractivity contribution in [3.05, 3.63) is 102 Å². The molecule has 0 aliphatic rings. The molecule has 10 heteroatoms. The number of rotatable bonds is 9. The van der Waals surface area contributed by atoms with Gasteiger partial charge in [-0.2, -0.15) is 0 Å². The van der Waals surface area contributed by atoms with E-state index in [0.717, 1.165) is 19.1 Å². The molecule has 1 amide bonds. The molecule has 212 valence electrons. The van der Waals surface area contributed by atoms with Crippen molar-refractivity contribution < 1.29 is 41.8 Å². The number of hydrogen-bond donors (Lipinski definition) is 1. The maximum atomic E-state index is 14.0. The number of benzene rings is 3. The van der Waals surface area contributed by atoms with Gasteiger partial charge in [-0.3, -0.25) is 4.79 Å². The van der Waals surface area contributed by atoms with Crippen LogP contribution in [0.3, 0.4) is 0 Å². The number of hydrogen-bond acceptors (Lipinski definition) is 6. The third-order valence-electron chi connectivity index (χ3n) is 5.54. The minimum Gasteiger partial charge on any atom is -0.458 e. The van der Waals surface area contributed by atoms with Crippen molar-refractivity contribution in [1.29, 1.82) is 0 Å². The fourth-order valence-corrected chi connectivity index (χ4v) is 3.95. The highest BCUT2D eigenvalue weighted by Crippen LogP contribution is 2.31. The van der Waals surface area contributed by atoms with Crippen molar-refractivity contribution in [1.82, 2.24) is 5.32 Å². The Labute approximate surface area is 230 Å². The number of carbonyl (C=O) groups excluding carboxylic acids is 3. The summed E-state index contributed by atoms with van der Waals surface area (Å²) >= 11 is 0. The average Bonchev–Trinajstić information content (AvgIpc) is 2.86. The summed E-state index contributed by atoms with van der Waals surface area (Å²) in [4.78, 5) is 40.1. The second kappa shape index (κ2) is 12.2. The molecule has 0 heterocycles. The predicted molar refractivity (Wildman–Crippen MR) is 140 cm³/mol. The van der Waals surface area contributed by atoms with E-state index >= 15 is 0 Å². The fraction of sp³-hybridized carbons (Fsp3) is 0.300. The lowest BCUT2D eigenvalue weighted by atomic mass is 9.89. The second-order valence-electron chi connectivity index (χ2n) is 10.1. The minimum absolute atomic E-state index is 0.238. The molecule has 0 aromatic heterocycles. The molecule has 7 nitrogen and oxygen atoms in total. The standard InChI is InChI=1S/C30H30F3NO6/c1-20(35)34-29(27(37)40-28(2,3)4,19-21-15-17-24(18-16-21)39-30(31,32)33)26(36)38-25(22-11-7-5-8-12-22)23-13-9-6-10-14-23/h5-18,25H,19H2,1-4H3,(H,34,35). The monoisotopic (exact) mass is 557 g/mol. The zero-order chi connectivity index (χ0) is 29.6. The molecular weight excluding hydrogens is 527 g/mol. The second-order valence-corrected chi connectivity index (χ2v) is 10.1. The van der Waals surface area contributed by atoms with Crippen molar-refractivity contribution in [3.8, 4) is 5.75 Å². The van der Waals surface area contributed by atoms with Gasteiger partial charge in [0.15, 0.2) is 6.10 Å². The van der Waals surface area contributed by atoms with Gasteiger partial charge in [-0.05, 0) is 49.6 Å². The van der Waals surface area contributed by atoms with Gasteiger partial charge in [0, 0.05) is 13.3 Å². The molecule has 0 aliphatic heterocycles. The third kappa shape index (κ3) is 8.33. The first-order valence-corrected chi connectivity index (χ1v) is 12.4. The fourth-order valence-electron chi connectivity index (χ4n) is 3.95. The quantitative estimate of drug-likeness (QED) is 0.269. The van der Waals surface area contributed by atoms with Gasteiger partial charge >= 0.3 is 18.3 Å². The summed E-state index contributed by atoms with van der Waals surface area (Å²) in [7, 11) is 0. The molecule has 1 N–H and O–H groups in total. The Morgan fingerprint density at radius 3 is 1.70 bits per heavy atom. The smallest absolute Gasteiger partial charge is 0.458 e. The molecule has 1 atom stereocenters. The number of nitrogens with one attached hydrogen (secondary N) is 1. The number of amides is 1. The normalized spacial score (nSPS) is 13.2. The Morgan fingerprint density at radius 2 is 1.27 bits per heavy atom. The molecule has 0 saturated heterocycles. The molecule has 0 aliphatic carbocycles. The van der Waals surface area contributed by atoms with E-state index < -0.39 is 53.6 Å². The number of carbonyl (C=O) groups is 3. The van der Waals surface area contributed by atoms with E-state index in [4.69, 9.17) is 9.47 Å². The first-order valence-electron chi connectivity index (χ1n) is 12.4. The number of esters is 2. The Kier molecular flexibility index (Phi) is 9.24. The summed E-state index contributed by atoms with van der Waals surface area (Å²) in [6, 6.07) is 22.2. The van der Waals surface area contributed by atoms with Gasteiger partial charge in [-0.25, -0.2) is 9.59 Å². The van der Waals surface area contributed by atoms with Gasteiger partial charge in [-0.15, -0.1) is 13.2 Å². The van der Waals surface area contributed by atoms with Crippen LogP contribution in [0.1, 0.15) is 50.5 Å². The van der Waals surface area contributed by atoms with E-state index in [9.17, 15) is 27.6 Å². The van der Waals surface area contributed by atoms with Gasteiger partial charge in [0.2, 0.25) is 11.4 Å². The van der Waals surface area contributed by atoms with E-state index in [2.05, 4.69) is 10.1 Å². The lowest BCUT2D eigenvalue weighted by Crippen LogP contribution is -2.63. The van der Waals surface area contributed by atoms with Crippen molar-refractivity contribution >= 4 is 17.8 Å². The molecule has 0 saturated carbocycles. The van der Waals surface area contributed by atoms with Crippen molar-refractivity contribution in [2.24, 2.45) is 0 Å². The topological polar surface area (TPSA) is 90.9 Å². The molecule has 3 aromatic rings. The van der Waals surface area contributed by atoms with E-state index in [-0.39, 0.29) is 5.56 Å². The summed E-state index contributed by atoms with van der Waals surface area (Å²) in [5.41, 5.74) is -1.97. The Bertz CT molecular complexity index is 1270. The van der Waals surface area contributed by atoms with Crippen LogP contribution < -0.4 is 10.1 Å². The molecule has 0 radical (unpaired) electrons. The van der Waals surface area contributed by atoms with E-state index in [0.29, 0.717) is 11.1 Å². The SMILES string of the molecule is CC(=O)NC(Cc1ccc(OC(F)(F)F)cc1)(C(=O)OC(c1ccccc1)c1ccccc1)C(=O)OC(C)(C)C. The van der Waals surface area contributed by atoms with E-state index in [1.54, 1.807) is 81.4 Å². The van der Waals surface area contributed by atoms with Crippen molar-refractivity contribution in [3.63, 3.8) is 0 Å². The van der Waals surface area contributed by atoms with E-state index in [1.165, 1.54) is 12.1 Å². The minimum atomic E-state index is -4.90. The molecule has 0 bridgehead atoms. The predicted octanol–water partition coefficient (Wildman–Crippen LogP) is 5.68. The van der Waals surface area contributed by atoms with Gasteiger partial charge in [0.1, 0.15) is 11.4 Å². The molecular formula is C30H30F3NO6. The molecule has 40 heavy (non-hydrogen) atoms. The van der Waals surface area contributed by atoms with Crippen LogP contribution in [0.15, 0.2) is 84.9 Å². The van der Waals surface area contributed by atoms with Crippen LogP contribution in [0.25, 0.3) is 0 Å². The summed E-state index contributed by atoms with van der Waals surface area (Å²) in [5, 5.41) is 2.43. The highest BCUT2D eigenvalue weighted by atomic mass is 19.4. The van der Waals surface area contributed by atoms with Gasteiger partial charge < -0.3 is 19.5 Å². The number of ether oxygens (including phenoxy) is 3. The Morgan fingerprint density at radius 1 is 0.775 bits per heavy atom. The third-order valence-corrected chi connectivity index (χ3v) is 5.54. The maximum absolute atomic E-state index is 14.0.